The molecule has 0 atom stereocenters. The molecule has 0 spiro atoms. The molecule has 0 radical (unpaired) electrons. The van der Waals surface area contributed by atoms with Crippen LogP contribution in [0.1, 0.15) is 16.2 Å². The van der Waals surface area contributed by atoms with Crippen LogP contribution in [0.15, 0.2) is 24.3 Å². The van der Waals surface area contributed by atoms with Gasteiger partial charge in [-0.2, -0.15) is 0 Å². The predicted octanol–water partition coefficient (Wildman–Crippen LogP) is 2.97. The van der Waals surface area contributed by atoms with E-state index >= 15 is 0 Å². The number of halogens is 3. The molecule has 7 heteroatoms. The lowest BCUT2D eigenvalue weighted by molar-refractivity contribution is 0.102. The minimum Gasteiger partial charge on any atom is -0.318 e. The number of aromatic nitrogens is 2. The van der Waals surface area contributed by atoms with Crippen molar-refractivity contribution in [1.29, 1.82) is 0 Å². The summed E-state index contributed by atoms with van der Waals surface area (Å²) in [7, 11) is 0. The highest BCUT2D eigenvalue weighted by Gasteiger charge is 2.12. The topological polar surface area (TPSA) is 54.9 Å². The average molecular weight is 284 g/mol. The van der Waals surface area contributed by atoms with Crippen molar-refractivity contribution in [2.45, 2.75) is 6.92 Å². The van der Waals surface area contributed by atoms with Crippen LogP contribution in [0.25, 0.3) is 0 Å². The quantitative estimate of drug-likeness (QED) is 0.862. The van der Waals surface area contributed by atoms with E-state index in [4.69, 9.17) is 11.6 Å². The van der Waals surface area contributed by atoms with Gasteiger partial charge in [0, 0.05) is 11.8 Å². The molecule has 0 unspecified atom stereocenters. The predicted molar refractivity (Wildman–Crippen MR) is 66.1 cm³/mol. The van der Waals surface area contributed by atoms with Crippen LogP contribution in [0.3, 0.4) is 0 Å². The number of benzene rings is 1. The number of amides is 1. The van der Waals surface area contributed by atoms with Gasteiger partial charge in [-0.05, 0) is 36.7 Å². The first-order chi connectivity index (χ1) is 8.95. The molecule has 2 rings (SSSR count). The molecular weight excluding hydrogens is 276 g/mol. The maximum absolute atomic E-state index is 13.4. The molecule has 0 fully saturated rings. The third-order valence-corrected chi connectivity index (χ3v) is 2.41. The number of hydrogen-bond donors (Lipinski definition) is 1. The Morgan fingerprint density at radius 3 is 2.63 bits per heavy atom. The summed E-state index contributed by atoms with van der Waals surface area (Å²) in [4.78, 5) is 19.4. The van der Waals surface area contributed by atoms with Crippen molar-refractivity contribution in [1.82, 2.24) is 9.97 Å². The van der Waals surface area contributed by atoms with Crippen LogP contribution in [-0.4, -0.2) is 15.9 Å². The number of carbonyl (C=O) groups excluding carboxylic acids is 1. The van der Waals surface area contributed by atoms with E-state index in [2.05, 4.69) is 15.3 Å². The Hall–Kier alpha value is -2.08. The smallest absolute Gasteiger partial charge is 0.274 e. The average Bonchev–Trinajstić information content (AvgIpc) is 2.31. The van der Waals surface area contributed by atoms with E-state index in [9.17, 15) is 13.6 Å². The van der Waals surface area contributed by atoms with Crippen LogP contribution >= 0.6 is 11.6 Å². The molecule has 19 heavy (non-hydrogen) atoms. The fourth-order valence-corrected chi connectivity index (χ4v) is 1.65. The minimum atomic E-state index is -0.870. The summed E-state index contributed by atoms with van der Waals surface area (Å²) in [5.41, 5.74) is 0.366. The van der Waals surface area contributed by atoms with E-state index in [1.165, 1.54) is 6.07 Å². The molecule has 0 bridgehead atoms. The maximum atomic E-state index is 13.4. The highest BCUT2D eigenvalue weighted by molar-refractivity contribution is 6.28. The molecule has 0 saturated carbocycles. The fraction of sp³-hybridized carbons (Fsp3) is 0.0833. The highest BCUT2D eigenvalue weighted by atomic mass is 35.5. The zero-order valence-corrected chi connectivity index (χ0v) is 10.5. The number of anilines is 1. The Balaban J connectivity index is 2.25. The molecule has 0 aliphatic heterocycles. The second-order valence-electron chi connectivity index (χ2n) is 3.74. The highest BCUT2D eigenvalue weighted by Crippen LogP contribution is 2.16. The molecule has 1 N–H and O–H groups in total. The lowest BCUT2D eigenvalue weighted by atomic mass is 10.2. The lowest BCUT2D eigenvalue weighted by Crippen LogP contribution is -2.15. The zero-order chi connectivity index (χ0) is 14.0. The molecule has 1 amide bonds. The largest absolute Gasteiger partial charge is 0.318 e. The summed E-state index contributed by atoms with van der Waals surface area (Å²) in [6, 6.07) is 4.24. The lowest BCUT2D eigenvalue weighted by Gasteiger charge is -2.06. The first-order valence-electron chi connectivity index (χ1n) is 5.23. The van der Waals surface area contributed by atoms with Gasteiger partial charge >= 0.3 is 0 Å². The SMILES string of the molecule is Cc1cc(C(=O)Nc2ccc(F)cc2F)nc(Cl)n1. The molecular formula is C12H8ClF2N3O. The van der Waals surface area contributed by atoms with E-state index in [-0.39, 0.29) is 16.7 Å². The van der Waals surface area contributed by atoms with Crippen LogP contribution in [0.4, 0.5) is 14.5 Å². The molecule has 0 aliphatic carbocycles. The van der Waals surface area contributed by atoms with Gasteiger partial charge in [0.1, 0.15) is 17.3 Å². The van der Waals surface area contributed by atoms with Crippen molar-refractivity contribution in [3.63, 3.8) is 0 Å². The number of rotatable bonds is 2. The molecule has 2 aromatic rings. The monoisotopic (exact) mass is 283 g/mol. The minimum absolute atomic E-state index is 0.00113. The van der Waals surface area contributed by atoms with Crippen molar-refractivity contribution >= 4 is 23.2 Å². The second kappa shape index (κ2) is 5.27. The number of hydrogen-bond acceptors (Lipinski definition) is 3. The van der Waals surface area contributed by atoms with Crippen molar-refractivity contribution in [3.05, 3.63) is 52.6 Å². The number of nitrogens with zero attached hydrogens (tertiary/aromatic N) is 2. The molecule has 0 aliphatic rings. The molecule has 4 nitrogen and oxygen atoms in total. The Kier molecular flexibility index (Phi) is 3.71. The molecule has 1 heterocycles. The number of nitrogens with one attached hydrogen (secondary N) is 1. The molecule has 1 aromatic carbocycles. The van der Waals surface area contributed by atoms with Crippen molar-refractivity contribution in [2.24, 2.45) is 0 Å². The summed E-state index contributed by atoms with van der Waals surface area (Å²) in [5, 5.41) is 2.20. The van der Waals surface area contributed by atoms with Gasteiger partial charge in [0.15, 0.2) is 0 Å². The van der Waals surface area contributed by atoms with E-state index in [0.29, 0.717) is 11.8 Å². The van der Waals surface area contributed by atoms with Crippen molar-refractivity contribution < 1.29 is 13.6 Å². The Morgan fingerprint density at radius 2 is 2.00 bits per heavy atom. The van der Waals surface area contributed by atoms with Gasteiger partial charge in [0.2, 0.25) is 5.28 Å². The van der Waals surface area contributed by atoms with Gasteiger partial charge in [-0.15, -0.1) is 0 Å². The van der Waals surface area contributed by atoms with E-state index in [1.807, 2.05) is 0 Å². The molecule has 1 aromatic heterocycles. The van der Waals surface area contributed by atoms with Crippen LogP contribution in [-0.2, 0) is 0 Å². The van der Waals surface area contributed by atoms with Crippen LogP contribution < -0.4 is 5.32 Å². The number of carbonyl (C=O) groups is 1. The Morgan fingerprint density at radius 1 is 1.26 bits per heavy atom. The summed E-state index contributed by atoms with van der Waals surface area (Å²) < 4.78 is 26.1. The maximum Gasteiger partial charge on any atom is 0.274 e. The second-order valence-corrected chi connectivity index (χ2v) is 4.08. The van der Waals surface area contributed by atoms with Gasteiger partial charge in [-0.25, -0.2) is 18.7 Å². The van der Waals surface area contributed by atoms with Crippen molar-refractivity contribution in [2.75, 3.05) is 5.32 Å². The van der Waals surface area contributed by atoms with Gasteiger partial charge in [0.05, 0.1) is 5.69 Å². The summed E-state index contributed by atoms with van der Waals surface area (Å²) >= 11 is 5.62. The van der Waals surface area contributed by atoms with Gasteiger partial charge in [0.25, 0.3) is 5.91 Å². The van der Waals surface area contributed by atoms with Gasteiger partial charge in [-0.1, -0.05) is 0 Å². The van der Waals surface area contributed by atoms with E-state index in [0.717, 1.165) is 12.1 Å². The van der Waals surface area contributed by atoms with Gasteiger partial charge in [-0.3, -0.25) is 4.79 Å². The third kappa shape index (κ3) is 3.23. The summed E-state index contributed by atoms with van der Waals surface area (Å²) in [6.45, 7) is 1.64. The standard InChI is InChI=1S/C12H8ClF2N3O/c1-6-4-10(18-12(13)16-6)11(19)17-9-3-2-7(14)5-8(9)15/h2-5H,1H3,(H,17,19). The van der Waals surface area contributed by atoms with E-state index in [1.54, 1.807) is 6.92 Å². The van der Waals surface area contributed by atoms with Crippen molar-refractivity contribution in [3.8, 4) is 0 Å². The first kappa shape index (κ1) is 13.4. The van der Waals surface area contributed by atoms with Crippen LogP contribution in [0, 0.1) is 18.6 Å². The first-order valence-corrected chi connectivity index (χ1v) is 5.61. The van der Waals surface area contributed by atoms with Gasteiger partial charge < -0.3 is 5.32 Å². The van der Waals surface area contributed by atoms with Crippen LogP contribution in [0.5, 0.6) is 0 Å². The zero-order valence-electron chi connectivity index (χ0n) is 9.75. The normalized spacial score (nSPS) is 10.3. The van der Waals surface area contributed by atoms with E-state index < -0.39 is 17.5 Å². The summed E-state index contributed by atoms with van der Waals surface area (Å²) in [6.07, 6.45) is 0. The molecule has 0 saturated heterocycles. The Labute approximate surface area is 112 Å². The van der Waals surface area contributed by atoms with Crippen LogP contribution in [0.2, 0.25) is 5.28 Å². The Bertz CT molecular complexity index is 629. The summed E-state index contributed by atoms with van der Waals surface area (Å²) in [5.74, 6) is -2.25. The number of aryl methyl sites for hydroxylation is 1. The third-order valence-electron chi connectivity index (χ3n) is 2.24. The molecule has 98 valence electrons. The fourth-order valence-electron chi connectivity index (χ4n) is 1.43.